The molecule has 0 fully saturated rings. The van der Waals surface area contributed by atoms with Crippen molar-refractivity contribution in [2.45, 2.75) is 0 Å². The predicted octanol–water partition coefficient (Wildman–Crippen LogP) is 3.34. The van der Waals surface area contributed by atoms with Crippen LogP contribution in [0.3, 0.4) is 0 Å². The molecule has 0 radical (unpaired) electrons. The highest BCUT2D eigenvalue weighted by Gasteiger charge is 2.17. The summed E-state index contributed by atoms with van der Waals surface area (Å²) in [5, 5.41) is 8.92. The summed E-state index contributed by atoms with van der Waals surface area (Å²) in [6.45, 7) is -0.439. The summed E-state index contributed by atoms with van der Waals surface area (Å²) in [4.78, 5) is 28.1. The van der Waals surface area contributed by atoms with Crippen LogP contribution in [0.5, 0.6) is 0 Å². The number of hydrogen-bond acceptors (Lipinski definition) is 5. The average molecular weight is 296 g/mol. The van der Waals surface area contributed by atoms with Gasteiger partial charge in [0.2, 0.25) is 0 Å². The van der Waals surface area contributed by atoms with Crippen molar-refractivity contribution in [3.63, 3.8) is 0 Å². The molecule has 0 aliphatic rings. The van der Waals surface area contributed by atoms with E-state index in [0.717, 1.165) is 0 Å². The van der Waals surface area contributed by atoms with E-state index in [0.29, 0.717) is 27.7 Å². The molecule has 2 aromatic carbocycles. The Hall–Kier alpha value is -2.76. The van der Waals surface area contributed by atoms with Crippen molar-refractivity contribution in [3.05, 3.63) is 71.5 Å². The fourth-order valence-electron chi connectivity index (χ4n) is 2.27. The third-order valence-corrected chi connectivity index (χ3v) is 3.37. The molecule has 0 saturated heterocycles. The van der Waals surface area contributed by atoms with Crippen LogP contribution >= 0.6 is 0 Å². The lowest BCUT2D eigenvalue weighted by Crippen LogP contribution is -2.07. The Bertz CT molecular complexity index is 833. The van der Waals surface area contributed by atoms with Gasteiger partial charge >= 0.3 is 0 Å². The number of Topliss-reactive ketones (excluding diaryl/α,β-unsaturated/α-hetero) is 1. The van der Waals surface area contributed by atoms with Crippen LogP contribution in [0.1, 0.15) is 26.3 Å². The van der Waals surface area contributed by atoms with Gasteiger partial charge in [-0.25, -0.2) is 4.89 Å². The topological polar surface area (TPSA) is 76.7 Å². The van der Waals surface area contributed by atoms with E-state index in [-0.39, 0.29) is 11.6 Å². The second kappa shape index (κ2) is 5.93. The molecule has 0 aliphatic carbocycles. The maximum Gasteiger partial charge on any atom is 0.196 e. The Morgan fingerprint density at radius 2 is 1.82 bits per heavy atom. The van der Waals surface area contributed by atoms with Gasteiger partial charge in [-0.1, -0.05) is 30.3 Å². The molecule has 5 heteroatoms. The second-order valence-electron chi connectivity index (χ2n) is 4.75. The summed E-state index contributed by atoms with van der Waals surface area (Å²) < 4.78 is 5.37. The van der Waals surface area contributed by atoms with Gasteiger partial charge in [0.05, 0.1) is 5.56 Å². The molecule has 22 heavy (non-hydrogen) atoms. The van der Waals surface area contributed by atoms with E-state index in [9.17, 15) is 9.59 Å². The van der Waals surface area contributed by atoms with Crippen LogP contribution in [0, 0.1) is 0 Å². The Morgan fingerprint density at radius 3 is 2.55 bits per heavy atom. The Kier molecular flexibility index (Phi) is 3.82. The third kappa shape index (κ3) is 2.55. The molecule has 0 unspecified atom stereocenters. The van der Waals surface area contributed by atoms with E-state index < -0.39 is 6.61 Å². The van der Waals surface area contributed by atoms with E-state index in [4.69, 9.17) is 9.67 Å². The molecule has 3 rings (SSSR count). The van der Waals surface area contributed by atoms with E-state index in [2.05, 4.69) is 4.89 Å². The number of ketones is 2. The van der Waals surface area contributed by atoms with Gasteiger partial charge in [0.1, 0.15) is 18.5 Å². The zero-order valence-corrected chi connectivity index (χ0v) is 11.5. The molecule has 0 atom stereocenters. The summed E-state index contributed by atoms with van der Waals surface area (Å²) in [7, 11) is 0. The predicted molar refractivity (Wildman–Crippen MR) is 79.0 cm³/mol. The maximum absolute atomic E-state index is 12.5. The van der Waals surface area contributed by atoms with Gasteiger partial charge in [-0.3, -0.25) is 14.8 Å². The third-order valence-electron chi connectivity index (χ3n) is 3.37. The summed E-state index contributed by atoms with van der Waals surface area (Å²) in [5.41, 5.74) is 1.78. The number of hydrogen-bond donors (Lipinski definition) is 1. The monoisotopic (exact) mass is 296 g/mol. The first-order chi connectivity index (χ1) is 10.7. The number of carbonyl (C=O) groups excluding carboxylic acids is 2. The fraction of sp³-hybridized carbons (Fsp3) is 0.0588. The van der Waals surface area contributed by atoms with Crippen molar-refractivity contribution in [2.75, 3.05) is 6.61 Å². The van der Waals surface area contributed by atoms with Crippen molar-refractivity contribution in [1.82, 2.24) is 0 Å². The quantitative estimate of drug-likeness (QED) is 0.444. The molecule has 1 N–H and O–H groups in total. The number of benzene rings is 2. The minimum atomic E-state index is -0.439. The maximum atomic E-state index is 12.5. The van der Waals surface area contributed by atoms with E-state index >= 15 is 0 Å². The van der Waals surface area contributed by atoms with Crippen LogP contribution < -0.4 is 0 Å². The lowest BCUT2D eigenvalue weighted by atomic mass is 10.0. The normalized spacial score (nSPS) is 10.8. The number of furan rings is 1. The standard InChI is InChI=1S/C17H12O5/c18-15(10-22-20)12-6-7-16-13(8-12)14(9-21-16)17(19)11-4-2-1-3-5-11/h1-9,20H,10H2. The zero-order chi connectivity index (χ0) is 15.5. The highest BCUT2D eigenvalue weighted by molar-refractivity contribution is 6.16. The molecule has 1 aromatic heterocycles. The fourth-order valence-corrected chi connectivity index (χ4v) is 2.27. The number of rotatable bonds is 5. The molecule has 110 valence electrons. The summed E-state index contributed by atoms with van der Waals surface area (Å²) >= 11 is 0. The van der Waals surface area contributed by atoms with E-state index in [1.54, 1.807) is 42.5 Å². The molecule has 0 amide bonds. The van der Waals surface area contributed by atoms with Gasteiger partial charge in [0.25, 0.3) is 0 Å². The zero-order valence-electron chi connectivity index (χ0n) is 11.5. The lowest BCUT2D eigenvalue weighted by molar-refractivity contribution is -0.230. The molecule has 3 aromatic rings. The minimum absolute atomic E-state index is 0.178. The Morgan fingerprint density at radius 1 is 1.05 bits per heavy atom. The van der Waals surface area contributed by atoms with E-state index in [1.807, 2.05) is 6.07 Å². The van der Waals surface area contributed by atoms with Gasteiger partial charge in [0, 0.05) is 16.5 Å². The Balaban J connectivity index is 2.05. The SMILES string of the molecule is O=C(COO)c1ccc2occ(C(=O)c3ccccc3)c2c1. The molecule has 0 bridgehead atoms. The van der Waals surface area contributed by atoms with Gasteiger partial charge in [0.15, 0.2) is 11.6 Å². The first-order valence-corrected chi connectivity index (χ1v) is 6.61. The van der Waals surface area contributed by atoms with Crippen molar-refractivity contribution in [1.29, 1.82) is 0 Å². The van der Waals surface area contributed by atoms with Crippen molar-refractivity contribution >= 4 is 22.5 Å². The largest absolute Gasteiger partial charge is 0.464 e. The smallest absolute Gasteiger partial charge is 0.196 e. The van der Waals surface area contributed by atoms with Gasteiger partial charge in [-0.05, 0) is 18.2 Å². The Labute approximate surface area is 125 Å². The van der Waals surface area contributed by atoms with E-state index in [1.165, 1.54) is 6.26 Å². The summed E-state index contributed by atoms with van der Waals surface area (Å²) in [5.74, 6) is -0.564. The van der Waals surface area contributed by atoms with Crippen LogP contribution in [-0.2, 0) is 4.89 Å². The molecular formula is C17H12O5. The number of carbonyl (C=O) groups is 2. The first kappa shape index (κ1) is 14.2. The van der Waals surface area contributed by atoms with Crippen molar-refractivity contribution < 1.29 is 24.2 Å². The highest BCUT2D eigenvalue weighted by Crippen LogP contribution is 2.25. The molecule has 1 heterocycles. The molecule has 5 nitrogen and oxygen atoms in total. The van der Waals surface area contributed by atoms with Gasteiger partial charge in [-0.15, -0.1) is 0 Å². The summed E-state index contributed by atoms with van der Waals surface area (Å²) in [6.07, 6.45) is 1.39. The van der Waals surface area contributed by atoms with Crippen molar-refractivity contribution in [3.8, 4) is 0 Å². The second-order valence-corrected chi connectivity index (χ2v) is 4.75. The van der Waals surface area contributed by atoms with Crippen LogP contribution in [0.25, 0.3) is 11.0 Å². The lowest BCUT2D eigenvalue weighted by Gasteiger charge is -2.01. The number of fused-ring (bicyclic) bond motifs is 1. The molecular weight excluding hydrogens is 284 g/mol. The average Bonchev–Trinajstić information content (AvgIpc) is 2.98. The first-order valence-electron chi connectivity index (χ1n) is 6.61. The molecule has 0 saturated carbocycles. The highest BCUT2D eigenvalue weighted by atomic mass is 17.1. The van der Waals surface area contributed by atoms with Crippen molar-refractivity contribution in [2.24, 2.45) is 0 Å². The molecule has 0 spiro atoms. The minimum Gasteiger partial charge on any atom is -0.464 e. The molecule has 0 aliphatic heterocycles. The van der Waals surface area contributed by atoms with Gasteiger partial charge < -0.3 is 4.42 Å². The summed E-state index contributed by atoms with van der Waals surface area (Å²) in [6, 6.07) is 13.6. The van der Waals surface area contributed by atoms with Gasteiger partial charge in [-0.2, -0.15) is 0 Å². The van der Waals surface area contributed by atoms with Crippen LogP contribution in [-0.4, -0.2) is 23.4 Å². The van der Waals surface area contributed by atoms with Crippen LogP contribution in [0.2, 0.25) is 0 Å². The van der Waals surface area contributed by atoms with Crippen LogP contribution in [0.4, 0.5) is 0 Å². The van der Waals surface area contributed by atoms with Crippen LogP contribution in [0.15, 0.2) is 59.2 Å².